The lowest BCUT2D eigenvalue weighted by molar-refractivity contribution is 0.178. The number of aromatic nitrogens is 3. The molecule has 1 aliphatic rings. The van der Waals surface area contributed by atoms with E-state index in [1.807, 2.05) is 16.5 Å². The highest BCUT2D eigenvalue weighted by atomic mass is 16.2. The van der Waals surface area contributed by atoms with E-state index in [9.17, 15) is 4.79 Å². The zero-order valence-corrected chi connectivity index (χ0v) is 14.5. The summed E-state index contributed by atoms with van der Waals surface area (Å²) in [6.45, 7) is 13.6. The van der Waals surface area contributed by atoms with Crippen molar-refractivity contribution in [2.24, 2.45) is 11.3 Å². The summed E-state index contributed by atoms with van der Waals surface area (Å²) in [6.07, 6.45) is 2.20. The van der Waals surface area contributed by atoms with Crippen LogP contribution in [0.3, 0.4) is 0 Å². The van der Waals surface area contributed by atoms with E-state index in [4.69, 9.17) is 0 Å². The van der Waals surface area contributed by atoms with Gasteiger partial charge < -0.3 is 10.2 Å². The van der Waals surface area contributed by atoms with Gasteiger partial charge in [-0.3, -0.25) is 0 Å². The number of amides is 2. The van der Waals surface area contributed by atoms with E-state index in [1.54, 1.807) is 0 Å². The fourth-order valence-corrected chi connectivity index (χ4v) is 3.12. The van der Waals surface area contributed by atoms with Gasteiger partial charge in [0.25, 0.3) is 0 Å². The molecule has 0 bridgehead atoms. The lowest BCUT2D eigenvalue weighted by atomic mass is 9.84. The number of carbonyl (C=O) groups is 1. The largest absolute Gasteiger partial charge is 0.338 e. The van der Waals surface area contributed by atoms with Crippen molar-refractivity contribution < 1.29 is 4.79 Å². The highest BCUT2D eigenvalue weighted by Crippen LogP contribution is 2.25. The van der Waals surface area contributed by atoms with Crippen molar-refractivity contribution in [3.05, 3.63) is 11.6 Å². The number of urea groups is 1. The summed E-state index contributed by atoms with van der Waals surface area (Å²) in [5, 5.41) is 7.35. The Morgan fingerprint density at radius 1 is 1.36 bits per heavy atom. The number of nitrogens with one attached hydrogen (secondary N) is 1. The third-order valence-electron chi connectivity index (χ3n) is 3.93. The molecule has 0 aromatic carbocycles. The molecule has 6 nitrogen and oxygen atoms in total. The summed E-state index contributed by atoms with van der Waals surface area (Å²) in [5.41, 5.74) is 0.345. The normalized spacial score (nSPS) is 16.3. The third-order valence-corrected chi connectivity index (χ3v) is 3.93. The number of rotatable bonds is 4. The third kappa shape index (κ3) is 4.71. The van der Waals surface area contributed by atoms with E-state index in [0.29, 0.717) is 24.4 Å². The molecule has 22 heavy (non-hydrogen) atoms. The minimum atomic E-state index is 0.00913. The SMILES string of the molecule is Cc1nc2n(n1)CCN(C(=O)NCC[C@@H](C)CC(C)(C)C)C2. The number of fused-ring (bicyclic) bond motifs is 1. The van der Waals surface area contributed by atoms with Crippen molar-refractivity contribution in [2.45, 2.75) is 60.5 Å². The molecule has 1 aliphatic heterocycles. The van der Waals surface area contributed by atoms with E-state index in [0.717, 1.165) is 31.2 Å². The van der Waals surface area contributed by atoms with Crippen molar-refractivity contribution in [2.75, 3.05) is 13.1 Å². The average Bonchev–Trinajstić information content (AvgIpc) is 2.75. The monoisotopic (exact) mass is 307 g/mol. The summed E-state index contributed by atoms with van der Waals surface area (Å²) in [4.78, 5) is 18.4. The van der Waals surface area contributed by atoms with Gasteiger partial charge in [0.2, 0.25) is 0 Å². The number of hydrogen-bond acceptors (Lipinski definition) is 3. The van der Waals surface area contributed by atoms with Gasteiger partial charge in [-0.05, 0) is 31.1 Å². The van der Waals surface area contributed by atoms with E-state index in [-0.39, 0.29) is 6.03 Å². The molecule has 0 saturated heterocycles. The second kappa shape index (κ2) is 6.67. The zero-order chi connectivity index (χ0) is 16.3. The molecule has 0 radical (unpaired) electrons. The standard InChI is InChI=1S/C16H29N5O/c1-12(10-16(3,4)5)6-7-17-15(22)20-8-9-21-14(11-20)18-13(2)19-21/h12H,6-11H2,1-5H3,(H,17,22)/t12-/m1/s1. The topological polar surface area (TPSA) is 63.1 Å². The van der Waals surface area contributed by atoms with Crippen LogP contribution in [0.1, 0.15) is 52.2 Å². The average molecular weight is 307 g/mol. The Kier molecular flexibility index (Phi) is 5.08. The van der Waals surface area contributed by atoms with Crippen LogP contribution in [0.5, 0.6) is 0 Å². The van der Waals surface area contributed by atoms with Gasteiger partial charge in [-0.2, -0.15) is 5.10 Å². The Bertz CT molecular complexity index is 517. The Labute approximate surface area is 133 Å². The van der Waals surface area contributed by atoms with Gasteiger partial charge in [0, 0.05) is 13.1 Å². The summed E-state index contributed by atoms with van der Waals surface area (Å²) in [7, 11) is 0. The van der Waals surface area contributed by atoms with Gasteiger partial charge >= 0.3 is 6.03 Å². The molecule has 0 saturated carbocycles. The Balaban J connectivity index is 1.74. The number of nitrogens with zero attached hydrogens (tertiary/aromatic N) is 4. The van der Waals surface area contributed by atoms with Crippen molar-refractivity contribution in [1.82, 2.24) is 25.0 Å². The van der Waals surface area contributed by atoms with E-state index in [2.05, 4.69) is 43.1 Å². The Morgan fingerprint density at radius 3 is 2.77 bits per heavy atom. The fourth-order valence-electron chi connectivity index (χ4n) is 3.12. The number of hydrogen-bond donors (Lipinski definition) is 1. The van der Waals surface area contributed by atoms with Crippen LogP contribution in [0, 0.1) is 18.3 Å². The summed E-state index contributed by atoms with van der Waals surface area (Å²) >= 11 is 0. The zero-order valence-electron chi connectivity index (χ0n) is 14.5. The molecule has 2 rings (SSSR count). The summed E-state index contributed by atoms with van der Waals surface area (Å²) < 4.78 is 1.89. The molecular weight excluding hydrogens is 278 g/mol. The molecule has 124 valence electrons. The highest BCUT2D eigenvalue weighted by Gasteiger charge is 2.23. The van der Waals surface area contributed by atoms with Crippen molar-refractivity contribution in [3.63, 3.8) is 0 Å². The summed E-state index contributed by atoms with van der Waals surface area (Å²) in [6, 6.07) is 0.00913. The van der Waals surface area contributed by atoms with Gasteiger partial charge in [-0.15, -0.1) is 0 Å². The van der Waals surface area contributed by atoms with E-state index >= 15 is 0 Å². The van der Waals surface area contributed by atoms with Gasteiger partial charge in [-0.1, -0.05) is 27.7 Å². The highest BCUT2D eigenvalue weighted by molar-refractivity contribution is 5.74. The predicted molar refractivity (Wildman–Crippen MR) is 86.4 cm³/mol. The minimum absolute atomic E-state index is 0.00913. The molecule has 1 aromatic heterocycles. The molecule has 0 spiro atoms. The van der Waals surface area contributed by atoms with Crippen LogP contribution >= 0.6 is 0 Å². The quantitative estimate of drug-likeness (QED) is 0.930. The smallest absolute Gasteiger partial charge is 0.317 e. The first-order chi connectivity index (χ1) is 10.2. The maximum Gasteiger partial charge on any atom is 0.317 e. The first kappa shape index (κ1) is 16.8. The maximum atomic E-state index is 12.2. The van der Waals surface area contributed by atoms with Crippen LogP contribution in [0.4, 0.5) is 4.79 Å². The molecule has 1 aromatic rings. The lowest BCUT2D eigenvalue weighted by Crippen LogP contribution is -2.44. The molecule has 6 heteroatoms. The van der Waals surface area contributed by atoms with Crippen molar-refractivity contribution in [1.29, 1.82) is 0 Å². The predicted octanol–water partition coefficient (Wildman–Crippen LogP) is 2.57. The first-order valence-electron chi connectivity index (χ1n) is 8.18. The molecule has 0 fully saturated rings. The number of aryl methyl sites for hydroxylation is 1. The molecule has 0 aliphatic carbocycles. The lowest BCUT2D eigenvalue weighted by Gasteiger charge is -2.27. The second-order valence-corrected chi connectivity index (χ2v) is 7.61. The van der Waals surface area contributed by atoms with Crippen LogP contribution in [0.2, 0.25) is 0 Å². The van der Waals surface area contributed by atoms with Crippen LogP contribution in [-0.4, -0.2) is 38.8 Å². The van der Waals surface area contributed by atoms with Gasteiger partial charge in [0.15, 0.2) is 0 Å². The molecular formula is C16H29N5O. The van der Waals surface area contributed by atoms with E-state index < -0.39 is 0 Å². The van der Waals surface area contributed by atoms with Gasteiger partial charge in [-0.25, -0.2) is 14.5 Å². The molecule has 2 heterocycles. The minimum Gasteiger partial charge on any atom is -0.338 e. The van der Waals surface area contributed by atoms with Crippen LogP contribution in [0.15, 0.2) is 0 Å². The molecule has 2 amide bonds. The number of carbonyl (C=O) groups excluding carboxylic acids is 1. The maximum absolute atomic E-state index is 12.2. The van der Waals surface area contributed by atoms with E-state index in [1.165, 1.54) is 6.42 Å². The molecule has 1 atom stereocenters. The molecule has 0 unspecified atom stereocenters. The first-order valence-corrected chi connectivity index (χ1v) is 8.18. The Hall–Kier alpha value is -1.59. The van der Waals surface area contributed by atoms with Crippen LogP contribution in [-0.2, 0) is 13.1 Å². The van der Waals surface area contributed by atoms with Gasteiger partial charge in [0.1, 0.15) is 11.6 Å². The van der Waals surface area contributed by atoms with Crippen molar-refractivity contribution >= 4 is 6.03 Å². The second-order valence-electron chi connectivity index (χ2n) is 7.61. The summed E-state index contributed by atoms with van der Waals surface area (Å²) in [5.74, 6) is 2.26. The van der Waals surface area contributed by atoms with Crippen LogP contribution in [0.25, 0.3) is 0 Å². The van der Waals surface area contributed by atoms with Gasteiger partial charge in [0.05, 0.1) is 13.1 Å². The van der Waals surface area contributed by atoms with Crippen LogP contribution < -0.4 is 5.32 Å². The molecule has 1 N–H and O–H groups in total. The Morgan fingerprint density at radius 2 is 2.09 bits per heavy atom. The fraction of sp³-hybridized carbons (Fsp3) is 0.812. The van der Waals surface area contributed by atoms with Crippen molar-refractivity contribution in [3.8, 4) is 0 Å².